The average Bonchev–Trinajstić information content (AvgIpc) is 2.54. The largest absolute Gasteiger partial charge is 0.483 e. The smallest absolute Gasteiger partial charge is 0.128 e. The first-order valence-corrected chi connectivity index (χ1v) is 8.80. The van der Waals surface area contributed by atoms with Crippen LogP contribution in [0, 0.1) is 5.92 Å². The van der Waals surface area contributed by atoms with Gasteiger partial charge in [-0.1, -0.05) is 56.3 Å². The molecule has 0 amide bonds. The minimum Gasteiger partial charge on any atom is -0.483 e. The van der Waals surface area contributed by atoms with Crippen molar-refractivity contribution in [3.05, 3.63) is 65.7 Å². The fourth-order valence-electron chi connectivity index (χ4n) is 3.04. The molecule has 2 heteroatoms. The number of rotatable bonds is 7. The summed E-state index contributed by atoms with van der Waals surface area (Å²) < 4.78 is 6.25. The molecule has 1 unspecified atom stereocenters. The van der Waals surface area contributed by atoms with Gasteiger partial charge in [0.15, 0.2) is 0 Å². The van der Waals surface area contributed by atoms with Crippen LogP contribution in [-0.4, -0.2) is 19.0 Å². The zero-order valence-electron chi connectivity index (χ0n) is 15.9. The van der Waals surface area contributed by atoms with E-state index in [0.29, 0.717) is 12.0 Å². The summed E-state index contributed by atoms with van der Waals surface area (Å²) in [6.45, 7) is 8.77. The van der Waals surface area contributed by atoms with E-state index in [1.54, 1.807) is 0 Å². The van der Waals surface area contributed by atoms with Gasteiger partial charge in [0.1, 0.15) is 11.4 Å². The lowest BCUT2D eigenvalue weighted by Gasteiger charge is -2.29. The summed E-state index contributed by atoms with van der Waals surface area (Å²) in [5, 5.41) is 0. The van der Waals surface area contributed by atoms with Crippen LogP contribution in [0.15, 0.2) is 54.6 Å². The van der Waals surface area contributed by atoms with Crippen LogP contribution in [0.1, 0.15) is 51.3 Å². The summed E-state index contributed by atoms with van der Waals surface area (Å²) >= 11 is 0. The molecule has 0 saturated heterocycles. The van der Waals surface area contributed by atoms with Gasteiger partial charge in [0.25, 0.3) is 0 Å². The minimum absolute atomic E-state index is 0.346. The van der Waals surface area contributed by atoms with Crippen LogP contribution >= 0.6 is 0 Å². The SMILES string of the molecule is CC(C)CC(c1ccc(OC(C)(C)c2ccccc2)cc1)N(C)C. The van der Waals surface area contributed by atoms with E-state index in [9.17, 15) is 0 Å². The van der Waals surface area contributed by atoms with Gasteiger partial charge in [0.2, 0.25) is 0 Å². The topological polar surface area (TPSA) is 12.5 Å². The van der Waals surface area contributed by atoms with Gasteiger partial charge in [0, 0.05) is 6.04 Å². The number of nitrogens with zero attached hydrogens (tertiary/aromatic N) is 1. The van der Waals surface area contributed by atoms with Crippen molar-refractivity contribution in [3.63, 3.8) is 0 Å². The highest BCUT2D eigenvalue weighted by Gasteiger charge is 2.22. The summed E-state index contributed by atoms with van der Waals surface area (Å²) in [7, 11) is 4.30. The lowest BCUT2D eigenvalue weighted by atomic mass is 9.96. The normalized spacial score (nSPS) is 13.3. The molecule has 130 valence electrons. The summed E-state index contributed by atoms with van der Waals surface area (Å²) in [4.78, 5) is 2.30. The zero-order valence-corrected chi connectivity index (χ0v) is 15.9. The molecule has 2 aromatic carbocycles. The average molecular weight is 325 g/mol. The molecule has 0 aliphatic rings. The lowest BCUT2D eigenvalue weighted by molar-refractivity contribution is 0.109. The third-order valence-electron chi connectivity index (χ3n) is 4.42. The van der Waals surface area contributed by atoms with Gasteiger partial charge in [-0.15, -0.1) is 0 Å². The van der Waals surface area contributed by atoms with Crippen LogP contribution in [0.2, 0.25) is 0 Å². The second-order valence-corrected chi connectivity index (χ2v) is 7.66. The van der Waals surface area contributed by atoms with Gasteiger partial charge in [0.05, 0.1) is 0 Å². The molecule has 0 bridgehead atoms. The van der Waals surface area contributed by atoms with Crippen molar-refractivity contribution in [3.8, 4) is 5.75 Å². The molecule has 0 saturated carbocycles. The fourth-order valence-corrected chi connectivity index (χ4v) is 3.04. The Balaban J connectivity index is 2.14. The Morgan fingerprint density at radius 1 is 0.917 bits per heavy atom. The summed E-state index contributed by atoms with van der Waals surface area (Å²) in [6, 6.07) is 19.4. The van der Waals surface area contributed by atoms with Crippen molar-refractivity contribution in [1.82, 2.24) is 4.90 Å². The fraction of sp³-hybridized carbons (Fsp3) is 0.455. The molecule has 0 heterocycles. The molecule has 2 aromatic rings. The first kappa shape index (κ1) is 18.5. The molecule has 2 nitrogen and oxygen atoms in total. The van der Waals surface area contributed by atoms with Crippen LogP contribution in [0.3, 0.4) is 0 Å². The van der Waals surface area contributed by atoms with Crippen molar-refractivity contribution in [2.24, 2.45) is 5.92 Å². The van der Waals surface area contributed by atoms with Crippen molar-refractivity contribution < 1.29 is 4.74 Å². The zero-order chi connectivity index (χ0) is 17.7. The molecule has 0 aromatic heterocycles. The lowest BCUT2D eigenvalue weighted by Crippen LogP contribution is -2.25. The second kappa shape index (κ2) is 7.85. The van der Waals surface area contributed by atoms with Gasteiger partial charge < -0.3 is 9.64 Å². The van der Waals surface area contributed by atoms with Crippen LogP contribution in [0.4, 0.5) is 0 Å². The molecule has 0 radical (unpaired) electrons. The molecular formula is C22H31NO. The van der Waals surface area contributed by atoms with E-state index in [-0.39, 0.29) is 5.60 Å². The standard InChI is InChI=1S/C22H31NO/c1-17(2)16-21(23(5)6)18-12-14-20(15-13-18)24-22(3,4)19-10-8-7-9-11-19/h7-15,17,21H,16H2,1-6H3. The third kappa shape index (κ3) is 4.85. The van der Waals surface area contributed by atoms with E-state index < -0.39 is 0 Å². The molecule has 0 N–H and O–H groups in total. The first-order chi connectivity index (χ1) is 11.3. The first-order valence-electron chi connectivity index (χ1n) is 8.80. The summed E-state index contributed by atoms with van der Waals surface area (Å²) in [6.07, 6.45) is 1.16. The molecule has 0 spiro atoms. The van der Waals surface area contributed by atoms with Crippen molar-refractivity contribution in [2.45, 2.75) is 45.8 Å². The van der Waals surface area contributed by atoms with E-state index in [4.69, 9.17) is 4.74 Å². The highest BCUT2D eigenvalue weighted by Crippen LogP contribution is 2.30. The predicted octanol–water partition coefficient (Wildman–Crippen LogP) is 5.65. The van der Waals surface area contributed by atoms with Crippen LogP contribution in [0.25, 0.3) is 0 Å². The second-order valence-electron chi connectivity index (χ2n) is 7.66. The van der Waals surface area contributed by atoms with E-state index in [2.05, 4.69) is 95.2 Å². The maximum Gasteiger partial charge on any atom is 0.128 e. The maximum absolute atomic E-state index is 6.25. The van der Waals surface area contributed by atoms with Crippen molar-refractivity contribution >= 4 is 0 Å². The highest BCUT2D eigenvalue weighted by molar-refractivity contribution is 5.31. The Bertz CT molecular complexity index is 614. The summed E-state index contributed by atoms with van der Waals surface area (Å²) in [5.74, 6) is 1.58. The Hall–Kier alpha value is -1.80. The Labute approximate surface area is 147 Å². The Morgan fingerprint density at radius 2 is 1.50 bits per heavy atom. The monoisotopic (exact) mass is 325 g/mol. The highest BCUT2D eigenvalue weighted by atomic mass is 16.5. The van der Waals surface area contributed by atoms with Crippen molar-refractivity contribution in [1.29, 1.82) is 0 Å². The molecule has 0 fully saturated rings. The molecule has 24 heavy (non-hydrogen) atoms. The van der Waals surface area contributed by atoms with Gasteiger partial charge in [-0.25, -0.2) is 0 Å². The van der Waals surface area contributed by atoms with E-state index in [0.717, 1.165) is 12.2 Å². The number of ether oxygens (including phenoxy) is 1. The van der Waals surface area contributed by atoms with E-state index in [1.165, 1.54) is 11.1 Å². The number of benzene rings is 2. The van der Waals surface area contributed by atoms with Crippen LogP contribution in [0.5, 0.6) is 5.75 Å². The maximum atomic E-state index is 6.25. The third-order valence-corrected chi connectivity index (χ3v) is 4.42. The van der Waals surface area contributed by atoms with Crippen LogP contribution < -0.4 is 4.74 Å². The Kier molecular flexibility index (Phi) is 6.06. The van der Waals surface area contributed by atoms with E-state index in [1.807, 2.05) is 6.07 Å². The Morgan fingerprint density at radius 3 is 2.00 bits per heavy atom. The molecular weight excluding hydrogens is 294 g/mol. The number of hydrogen-bond donors (Lipinski definition) is 0. The minimum atomic E-state index is -0.346. The molecule has 0 aliphatic carbocycles. The molecule has 0 aliphatic heterocycles. The van der Waals surface area contributed by atoms with Gasteiger partial charge >= 0.3 is 0 Å². The van der Waals surface area contributed by atoms with Crippen LogP contribution in [-0.2, 0) is 5.60 Å². The molecule has 2 rings (SSSR count). The predicted molar refractivity (Wildman–Crippen MR) is 102 cm³/mol. The van der Waals surface area contributed by atoms with E-state index >= 15 is 0 Å². The van der Waals surface area contributed by atoms with Gasteiger partial charge in [-0.2, -0.15) is 0 Å². The van der Waals surface area contributed by atoms with Gasteiger partial charge in [-0.3, -0.25) is 0 Å². The quantitative estimate of drug-likeness (QED) is 0.652. The number of hydrogen-bond acceptors (Lipinski definition) is 2. The van der Waals surface area contributed by atoms with Crippen molar-refractivity contribution in [2.75, 3.05) is 14.1 Å². The van der Waals surface area contributed by atoms with Gasteiger partial charge in [-0.05, 0) is 63.5 Å². The molecule has 1 atom stereocenters. The summed E-state index contributed by atoms with van der Waals surface area (Å²) in [5.41, 5.74) is 2.18.